The molecule has 2 aromatic carbocycles. The summed E-state index contributed by atoms with van der Waals surface area (Å²) < 4.78 is 56.4. The lowest BCUT2D eigenvalue weighted by Gasteiger charge is -2.12. The Morgan fingerprint density at radius 2 is 1.84 bits per heavy atom. The molecule has 170 valence electrons. The summed E-state index contributed by atoms with van der Waals surface area (Å²) in [6.07, 6.45) is -4.56. The highest BCUT2D eigenvalue weighted by Gasteiger charge is 2.28. The van der Waals surface area contributed by atoms with Crippen molar-refractivity contribution in [1.82, 2.24) is 15.5 Å². The summed E-state index contributed by atoms with van der Waals surface area (Å²) in [5.74, 6) is -0.762. The number of nitrogens with zero attached hydrogens (tertiary/aromatic N) is 2. The molecule has 6 nitrogen and oxygen atoms in total. The van der Waals surface area contributed by atoms with E-state index in [1.165, 1.54) is 18.6 Å². The van der Waals surface area contributed by atoms with Crippen molar-refractivity contribution in [2.75, 3.05) is 11.9 Å². The number of alkyl halides is 3. The zero-order chi connectivity index (χ0) is 23.5. The number of hydrogen-bond acceptors (Lipinski definition) is 5. The third-order valence-electron chi connectivity index (χ3n) is 4.79. The smallest absolute Gasteiger partial charge is 0.376 e. The molecule has 0 bridgehead atoms. The Hall–Kier alpha value is -3.43. The van der Waals surface area contributed by atoms with Gasteiger partial charge in [-0.2, -0.15) is 18.2 Å². The van der Waals surface area contributed by atoms with Crippen molar-refractivity contribution in [3.63, 3.8) is 0 Å². The molecule has 0 unspecified atom stereocenters. The molecule has 0 aliphatic rings. The van der Waals surface area contributed by atoms with E-state index in [9.17, 15) is 22.4 Å². The second kappa shape index (κ2) is 9.37. The van der Waals surface area contributed by atoms with Gasteiger partial charge in [-0.1, -0.05) is 43.3 Å². The molecular weight excluding hydrogens is 428 g/mol. The minimum Gasteiger partial charge on any atom is -0.376 e. The number of amides is 1. The monoisotopic (exact) mass is 450 g/mol. The van der Waals surface area contributed by atoms with Gasteiger partial charge in [-0.3, -0.25) is 4.79 Å². The van der Waals surface area contributed by atoms with Crippen LogP contribution in [0.1, 0.15) is 47.1 Å². The number of carbonyl (C=O) groups excluding carboxylic acids is 1. The zero-order valence-corrected chi connectivity index (χ0v) is 17.7. The number of halogens is 4. The van der Waals surface area contributed by atoms with Crippen molar-refractivity contribution in [3.8, 4) is 11.4 Å². The molecule has 3 aromatic rings. The molecule has 0 aliphatic carbocycles. The van der Waals surface area contributed by atoms with Crippen molar-refractivity contribution in [3.05, 3.63) is 64.8 Å². The molecular formula is C22H22F4N4O2. The van der Waals surface area contributed by atoms with E-state index in [4.69, 9.17) is 4.52 Å². The number of hydrogen-bond donors (Lipinski definition) is 2. The van der Waals surface area contributed by atoms with Gasteiger partial charge in [-0.15, -0.1) is 0 Å². The quantitative estimate of drug-likeness (QED) is 0.483. The van der Waals surface area contributed by atoms with Gasteiger partial charge in [0, 0.05) is 22.4 Å². The number of nitrogens with one attached hydrogen (secondary N) is 2. The zero-order valence-electron chi connectivity index (χ0n) is 17.7. The first-order valence-electron chi connectivity index (χ1n) is 9.85. The molecule has 0 saturated carbocycles. The molecule has 3 rings (SSSR count). The van der Waals surface area contributed by atoms with Crippen LogP contribution in [0.25, 0.3) is 11.4 Å². The molecule has 0 atom stereocenters. The average molecular weight is 450 g/mol. The van der Waals surface area contributed by atoms with Crippen LogP contribution in [0.2, 0.25) is 0 Å². The minimum absolute atomic E-state index is 0.0327. The van der Waals surface area contributed by atoms with Crippen LogP contribution in [0.3, 0.4) is 0 Å². The lowest BCUT2D eigenvalue weighted by Crippen LogP contribution is -2.33. The Balaban J connectivity index is 1.70. The number of anilines is 1. The first-order chi connectivity index (χ1) is 15.0. The van der Waals surface area contributed by atoms with Gasteiger partial charge in [0.05, 0.1) is 6.54 Å². The predicted octanol–water partition coefficient (Wildman–Crippen LogP) is 5.21. The molecule has 32 heavy (non-hydrogen) atoms. The van der Waals surface area contributed by atoms with Gasteiger partial charge >= 0.3 is 6.18 Å². The normalized spacial score (nSPS) is 11.6. The van der Waals surface area contributed by atoms with E-state index >= 15 is 0 Å². The van der Waals surface area contributed by atoms with E-state index in [-0.39, 0.29) is 29.2 Å². The predicted molar refractivity (Wildman–Crippen MR) is 111 cm³/mol. The maximum atomic E-state index is 14.2. The van der Waals surface area contributed by atoms with Crippen LogP contribution in [-0.2, 0) is 6.54 Å². The van der Waals surface area contributed by atoms with E-state index < -0.39 is 24.4 Å². The van der Waals surface area contributed by atoms with Crippen molar-refractivity contribution < 1.29 is 26.9 Å². The molecule has 0 radical (unpaired) electrons. The first kappa shape index (κ1) is 23.2. The van der Waals surface area contributed by atoms with E-state index in [2.05, 4.69) is 29.3 Å². The number of rotatable bonds is 7. The molecule has 0 fully saturated rings. The third kappa shape index (κ3) is 5.83. The lowest BCUT2D eigenvalue weighted by atomic mass is 10.0. The van der Waals surface area contributed by atoms with Crippen LogP contribution in [0.15, 0.2) is 40.9 Å². The molecule has 10 heteroatoms. The van der Waals surface area contributed by atoms with Crippen LogP contribution in [-0.4, -0.2) is 28.8 Å². The Kier molecular flexibility index (Phi) is 6.81. The van der Waals surface area contributed by atoms with Gasteiger partial charge in [-0.05, 0) is 30.5 Å². The fourth-order valence-corrected chi connectivity index (χ4v) is 2.91. The van der Waals surface area contributed by atoms with Crippen molar-refractivity contribution in [2.45, 2.75) is 39.4 Å². The van der Waals surface area contributed by atoms with Crippen LogP contribution < -0.4 is 10.6 Å². The standard InChI is InChI=1S/C22H22F4N4O2/c1-12(2)14-4-6-15(7-5-14)20-29-19(32-30-20)10-27-18-9-16(8-17(23)13(18)3)21(31)28-11-22(24,25)26/h4-9,12,27H,10-11H2,1-3H3,(H,28,31). The SMILES string of the molecule is Cc1c(F)cc(C(=O)NCC(F)(F)F)cc1NCc1nc(-c2ccc(C(C)C)cc2)no1. The second-order valence-electron chi connectivity index (χ2n) is 7.57. The van der Waals surface area contributed by atoms with E-state index in [0.29, 0.717) is 11.7 Å². The largest absolute Gasteiger partial charge is 0.405 e. The van der Waals surface area contributed by atoms with Crippen LogP contribution in [0.5, 0.6) is 0 Å². The maximum Gasteiger partial charge on any atom is 0.405 e. The summed E-state index contributed by atoms with van der Waals surface area (Å²) in [6, 6.07) is 9.90. The Morgan fingerprint density at radius 1 is 1.16 bits per heavy atom. The van der Waals surface area contributed by atoms with Gasteiger partial charge in [0.1, 0.15) is 12.4 Å². The van der Waals surface area contributed by atoms with E-state index in [1.54, 1.807) is 5.32 Å². The third-order valence-corrected chi connectivity index (χ3v) is 4.79. The van der Waals surface area contributed by atoms with E-state index in [0.717, 1.165) is 11.6 Å². The number of carbonyl (C=O) groups is 1. The lowest BCUT2D eigenvalue weighted by molar-refractivity contribution is -0.123. The van der Waals surface area contributed by atoms with Gasteiger partial charge in [0.25, 0.3) is 5.91 Å². The van der Waals surface area contributed by atoms with Crippen LogP contribution in [0.4, 0.5) is 23.2 Å². The Labute approximate surface area is 182 Å². The second-order valence-corrected chi connectivity index (χ2v) is 7.57. The molecule has 0 saturated heterocycles. The van der Waals surface area contributed by atoms with E-state index in [1.807, 2.05) is 24.3 Å². The average Bonchev–Trinajstić information content (AvgIpc) is 3.21. The van der Waals surface area contributed by atoms with Gasteiger partial charge < -0.3 is 15.2 Å². The van der Waals surface area contributed by atoms with Crippen LogP contribution in [0, 0.1) is 12.7 Å². The first-order valence-corrected chi connectivity index (χ1v) is 9.85. The number of benzene rings is 2. The fraction of sp³-hybridized carbons (Fsp3) is 0.318. The Bertz CT molecular complexity index is 1090. The molecule has 1 aromatic heterocycles. The summed E-state index contributed by atoms with van der Waals surface area (Å²) in [6.45, 7) is 4.18. The van der Waals surface area contributed by atoms with Gasteiger partial charge in [-0.25, -0.2) is 4.39 Å². The summed E-state index contributed by atoms with van der Waals surface area (Å²) in [7, 11) is 0. The molecule has 0 aliphatic heterocycles. The Morgan fingerprint density at radius 3 is 2.47 bits per heavy atom. The highest BCUT2D eigenvalue weighted by Crippen LogP contribution is 2.23. The highest BCUT2D eigenvalue weighted by molar-refractivity contribution is 5.95. The summed E-state index contributed by atoms with van der Waals surface area (Å²) in [5.41, 5.74) is 2.13. The van der Waals surface area contributed by atoms with Gasteiger partial charge in [0.2, 0.25) is 11.7 Å². The van der Waals surface area contributed by atoms with Gasteiger partial charge in [0.15, 0.2) is 0 Å². The topological polar surface area (TPSA) is 80.0 Å². The number of aromatic nitrogens is 2. The summed E-state index contributed by atoms with van der Waals surface area (Å²) in [4.78, 5) is 16.3. The maximum absolute atomic E-state index is 14.2. The van der Waals surface area contributed by atoms with Crippen molar-refractivity contribution in [1.29, 1.82) is 0 Å². The molecule has 2 N–H and O–H groups in total. The highest BCUT2D eigenvalue weighted by atomic mass is 19.4. The fourth-order valence-electron chi connectivity index (χ4n) is 2.91. The summed E-state index contributed by atoms with van der Waals surface area (Å²) >= 11 is 0. The summed E-state index contributed by atoms with van der Waals surface area (Å²) in [5, 5.41) is 8.54. The van der Waals surface area contributed by atoms with Crippen molar-refractivity contribution >= 4 is 11.6 Å². The molecule has 0 spiro atoms. The molecule has 1 amide bonds. The van der Waals surface area contributed by atoms with Crippen molar-refractivity contribution in [2.24, 2.45) is 0 Å². The molecule has 1 heterocycles. The van der Waals surface area contributed by atoms with Crippen LogP contribution >= 0.6 is 0 Å². The minimum atomic E-state index is -4.56.